The van der Waals surface area contributed by atoms with Crippen molar-refractivity contribution in [2.24, 2.45) is 0 Å². The van der Waals surface area contributed by atoms with Gasteiger partial charge in [-0.15, -0.1) is 11.3 Å². The summed E-state index contributed by atoms with van der Waals surface area (Å²) in [5.41, 5.74) is 8.11. The number of thiophene rings is 1. The van der Waals surface area contributed by atoms with Crippen molar-refractivity contribution in [3.05, 3.63) is 103 Å². The standard InChI is InChI=1S/C27H18N2S/c1-2-11-21(20(10-1)22-12-3-7-18-9-5-15-28-26(18)22)24-17-19-8-4-13-23(27(19)29-24)25-14-6-16-30-25/h1-17,29H. The van der Waals surface area contributed by atoms with Crippen molar-refractivity contribution >= 4 is 33.1 Å². The van der Waals surface area contributed by atoms with Crippen molar-refractivity contribution in [3.8, 4) is 32.8 Å². The third-order valence-electron chi connectivity index (χ3n) is 5.58. The predicted octanol–water partition coefficient (Wildman–Crippen LogP) is 7.78. The van der Waals surface area contributed by atoms with E-state index in [1.165, 1.54) is 32.5 Å². The number of hydrogen-bond acceptors (Lipinski definition) is 2. The average molecular weight is 403 g/mol. The van der Waals surface area contributed by atoms with Crippen LogP contribution in [0.3, 0.4) is 0 Å². The largest absolute Gasteiger partial charge is 0.354 e. The number of para-hydroxylation sites is 2. The van der Waals surface area contributed by atoms with Gasteiger partial charge in [0.2, 0.25) is 0 Å². The summed E-state index contributed by atoms with van der Waals surface area (Å²) in [6.45, 7) is 0. The molecule has 0 fully saturated rings. The number of hydrogen-bond donors (Lipinski definition) is 1. The summed E-state index contributed by atoms with van der Waals surface area (Å²) in [6, 6.07) is 32.1. The Morgan fingerprint density at radius 2 is 1.40 bits per heavy atom. The first-order valence-corrected chi connectivity index (χ1v) is 10.9. The summed E-state index contributed by atoms with van der Waals surface area (Å²) in [5.74, 6) is 0. The van der Waals surface area contributed by atoms with Gasteiger partial charge in [-0.3, -0.25) is 4.98 Å². The molecule has 0 aliphatic rings. The second-order valence-corrected chi connectivity index (χ2v) is 8.30. The highest BCUT2D eigenvalue weighted by molar-refractivity contribution is 7.13. The molecule has 3 heteroatoms. The van der Waals surface area contributed by atoms with Crippen LogP contribution in [0.1, 0.15) is 0 Å². The summed E-state index contributed by atoms with van der Waals surface area (Å²) in [4.78, 5) is 9.67. The number of nitrogens with zero attached hydrogens (tertiary/aromatic N) is 1. The fourth-order valence-electron chi connectivity index (χ4n) is 4.21. The zero-order valence-electron chi connectivity index (χ0n) is 16.2. The van der Waals surface area contributed by atoms with Crippen molar-refractivity contribution in [2.75, 3.05) is 0 Å². The molecule has 0 saturated heterocycles. The molecule has 3 heterocycles. The summed E-state index contributed by atoms with van der Waals surface area (Å²) in [7, 11) is 0. The van der Waals surface area contributed by atoms with Crippen molar-refractivity contribution in [1.29, 1.82) is 0 Å². The minimum Gasteiger partial charge on any atom is -0.354 e. The Labute approximate surface area is 178 Å². The van der Waals surface area contributed by atoms with E-state index < -0.39 is 0 Å². The number of benzene rings is 3. The lowest BCUT2D eigenvalue weighted by atomic mass is 9.95. The van der Waals surface area contributed by atoms with Crippen LogP contribution in [0.15, 0.2) is 103 Å². The number of rotatable bonds is 3. The van der Waals surface area contributed by atoms with Gasteiger partial charge in [0.1, 0.15) is 0 Å². The summed E-state index contributed by atoms with van der Waals surface area (Å²) in [6.07, 6.45) is 1.87. The normalized spacial score (nSPS) is 11.3. The van der Waals surface area contributed by atoms with Gasteiger partial charge < -0.3 is 4.98 Å². The molecule has 3 aromatic heterocycles. The maximum Gasteiger partial charge on any atom is 0.0780 e. The molecule has 0 aliphatic heterocycles. The Morgan fingerprint density at radius 3 is 2.27 bits per heavy atom. The lowest BCUT2D eigenvalue weighted by Crippen LogP contribution is -1.88. The lowest BCUT2D eigenvalue weighted by molar-refractivity contribution is 1.41. The first-order valence-electron chi connectivity index (χ1n) is 9.98. The highest BCUT2D eigenvalue weighted by Gasteiger charge is 2.14. The quantitative estimate of drug-likeness (QED) is 0.322. The van der Waals surface area contributed by atoms with E-state index in [0.717, 1.165) is 22.2 Å². The molecule has 0 atom stereocenters. The van der Waals surface area contributed by atoms with Gasteiger partial charge in [0.15, 0.2) is 0 Å². The second kappa shape index (κ2) is 6.97. The van der Waals surface area contributed by atoms with E-state index in [1.54, 1.807) is 11.3 Å². The summed E-state index contributed by atoms with van der Waals surface area (Å²) < 4.78 is 0. The summed E-state index contributed by atoms with van der Waals surface area (Å²) in [5, 5.41) is 4.50. The van der Waals surface area contributed by atoms with E-state index in [9.17, 15) is 0 Å². The van der Waals surface area contributed by atoms with E-state index in [-0.39, 0.29) is 0 Å². The van der Waals surface area contributed by atoms with Crippen LogP contribution in [0.5, 0.6) is 0 Å². The lowest BCUT2D eigenvalue weighted by Gasteiger charge is -2.11. The Morgan fingerprint density at radius 1 is 0.633 bits per heavy atom. The smallest absolute Gasteiger partial charge is 0.0780 e. The molecular formula is C27H18N2S. The van der Waals surface area contributed by atoms with Crippen LogP contribution >= 0.6 is 11.3 Å². The topological polar surface area (TPSA) is 28.7 Å². The predicted molar refractivity (Wildman–Crippen MR) is 128 cm³/mol. The second-order valence-electron chi connectivity index (χ2n) is 7.36. The molecule has 142 valence electrons. The van der Waals surface area contributed by atoms with Gasteiger partial charge in [-0.2, -0.15) is 0 Å². The minimum absolute atomic E-state index is 1.03. The molecule has 1 N–H and O–H groups in total. The third-order valence-corrected chi connectivity index (χ3v) is 6.49. The van der Waals surface area contributed by atoms with E-state index in [0.29, 0.717) is 0 Å². The minimum atomic E-state index is 1.03. The van der Waals surface area contributed by atoms with E-state index >= 15 is 0 Å². The van der Waals surface area contributed by atoms with Gasteiger partial charge in [-0.05, 0) is 29.1 Å². The zero-order chi connectivity index (χ0) is 19.9. The van der Waals surface area contributed by atoms with Gasteiger partial charge in [0, 0.05) is 44.2 Å². The number of aromatic nitrogens is 2. The van der Waals surface area contributed by atoms with Crippen molar-refractivity contribution in [2.45, 2.75) is 0 Å². The van der Waals surface area contributed by atoms with E-state index in [2.05, 4.69) is 100 Å². The van der Waals surface area contributed by atoms with Crippen LogP contribution in [-0.4, -0.2) is 9.97 Å². The Hall–Kier alpha value is -3.69. The SMILES string of the molecule is c1csc(-c2cccc3cc(-c4ccccc4-c4cccc5cccnc45)[nH]c23)c1. The molecule has 0 amide bonds. The van der Waals surface area contributed by atoms with E-state index in [1.807, 2.05) is 12.3 Å². The van der Waals surface area contributed by atoms with Crippen LogP contribution in [0, 0.1) is 0 Å². The number of aromatic amines is 1. The number of nitrogens with one attached hydrogen (secondary N) is 1. The highest BCUT2D eigenvalue weighted by Crippen LogP contribution is 2.38. The van der Waals surface area contributed by atoms with Crippen LogP contribution in [0.2, 0.25) is 0 Å². The van der Waals surface area contributed by atoms with Crippen LogP contribution in [0.25, 0.3) is 54.6 Å². The summed E-state index contributed by atoms with van der Waals surface area (Å²) >= 11 is 1.77. The van der Waals surface area contributed by atoms with Crippen LogP contribution < -0.4 is 0 Å². The molecule has 0 saturated carbocycles. The molecule has 6 rings (SSSR count). The van der Waals surface area contributed by atoms with E-state index in [4.69, 9.17) is 0 Å². The fraction of sp³-hybridized carbons (Fsp3) is 0. The van der Waals surface area contributed by atoms with Gasteiger partial charge in [0.25, 0.3) is 0 Å². The average Bonchev–Trinajstić information content (AvgIpc) is 3.48. The van der Waals surface area contributed by atoms with Crippen molar-refractivity contribution < 1.29 is 0 Å². The van der Waals surface area contributed by atoms with Gasteiger partial charge >= 0.3 is 0 Å². The first-order chi connectivity index (χ1) is 14.9. The van der Waals surface area contributed by atoms with Crippen molar-refractivity contribution in [3.63, 3.8) is 0 Å². The molecule has 0 aliphatic carbocycles. The molecule has 6 aromatic rings. The van der Waals surface area contributed by atoms with Crippen LogP contribution in [-0.2, 0) is 0 Å². The number of H-pyrrole nitrogens is 1. The highest BCUT2D eigenvalue weighted by atomic mass is 32.1. The Bertz CT molecular complexity index is 1490. The Kier molecular flexibility index (Phi) is 4.00. The first kappa shape index (κ1) is 17.2. The van der Waals surface area contributed by atoms with Gasteiger partial charge in [-0.25, -0.2) is 0 Å². The van der Waals surface area contributed by atoms with Crippen molar-refractivity contribution in [1.82, 2.24) is 9.97 Å². The van der Waals surface area contributed by atoms with Gasteiger partial charge in [0.05, 0.1) is 11.0 Å². The molecule has 3 aromatic carbocycles. The molecule has 0 bridgehead atoms. The molecular weight excluding hydrogens is 384 g/mol. The molecule has 0 spiro atoms. The monoisotopic (exact) mass is 402 g/mol. The maximum atomic E-state index is 4.67. The molecule has 2 nitrogen and oxygen atoms in total. The maximum absolute atomic E-state index is 4.67. The Balaban J connectivity index is 1.58. The molecule has 30 heavy (non-hydrogen) atoms. The third kappa shape index (κ3) is 2.75. The fourth-order valence-corrected chi connectivity index (χ4v) is 4.97. The van der Waals surface area contributed by atoms with Crippen LogP contribution in [0.4, 0.5) is 0 Å². The number of fused-ring (bicyclic) bond motifs is 2. The zero-order valence-corrected chi connectivity index (χ0v) is 17.0. The molecule has 0 radical (unpaired) electrons. The van der Waals surface area contributed by atoms with Gasteiger partial charge in [-0.1, -0.05) is 72.8 Å². The molecule has 0 unspecified atom stereocenters. The number of pyridine rings is 1.